The molecule has 7 heteroatoms. The van der Waals surface area contributed by atoms with Crippen LogP contribution in [0.3, 0.4) is 0 Å². The van der Waals surface area contributed by atoms with Crippen molar-refractivity contribution in [3.8, 4) is 22.8 Å². The zero-order valence-corrected chi connectivity index (χ0v) is 23.9. The molecule has 0 bridgehead atoms. The molecule has 0 atom stereocenters. The summed E-state index contributed by atoms with van der Waals surface area (Å²) < 4.78 is 47.7. The Morgan fingerprint density at radius 1 is 0.951 bits per heavy atom. The summed E-state index contributed by atoms with van der Waals surface area (Å²) in [5.74, 6) is 1.35. The highest BCUT2D eigenvalue weighted by Gasteiger charge is 2.25. The maximum atomic E-state index is 15.8. The van der Waals surface area contributed by atoms with Gasteiger partial charge in [0.1, 0.15) is 22.9 Å². The zero-order chi connectivity index (χ0) is 28.8. The van der Waals surface area contributed by atoms with Crippen molar-refractivity contribution in [2.75, 3.05) is 26.1 Å². The molecule has 2 aliphatic rings. The third kappa shape index (κ3) is 4.79. The Balaban J connectivity index is 1.53. The van der Waals surface area contributed by atoms with Crippen LogP contribution in [0.2, 0.25) is 0 Å². The highest BCUT2D eigenvalue weighted by molar-refractivity contribution is 5.96. The zero-order valence-electron chi connectivity index (χ0n) is 23.9. The molecule has 0 amide bonds. The molecule has 2 aromatic heterocycles. The predicted molar refractivity (Wildman–Crippen MR) is 159 cm³/mol. The fraction of sp³-hybridized carbons (Fsp3) is 0.265. The lowest BCUT2D eigenvalue weighted by Crippen LogP contribution is -2.10. The van der Waals surface area contributed by atoms with E-state index in [2.05, 4.69) is 4.98 Å². The van der Waals surface area contributed by atoms with Gasteiger partial charge in [0.2, 0.25) is 5.88 Å². The van der Waals surface area contributed by atoms with E-state index >= 15 is 4.39 Å². The number of benzene rings is 2. The number of ether oxygens (including phenoxy) is 2. The van der Waals surface area contributed by atoms with E-state index in [4.69, 9.17) is 13.9 Å². The average Bonchev–Trinajstić information content (AvgIpc) is 3.19. The topological polar surface area (TPSA) is 47.7 Å². The predicted octanol–water partition coefficient (Wildman–Crippen LogP) is 8.80. The fourth-order valence-electron chi connectivity index (χ4n) is 5.70. The van der Waals surface area contributed by atoms with Crippen molar-refractivity contribution in [3.63, 3.8) is 0 Å². The van der Waals surface area contributed by atoms with Crippen LogP contribution in [-0.4, -0.2) is 26.2 Å². The van der Waals surface area contributed by atoms with Crippen molar-refractivity contribution in [2.45, 2.75) is 39.5 Å². The molecule has 0 spiro atoms. The molecule has 0 saturated heterocycles. The van der Waals surface area contributed by atoms with Gasteiger partial charge in [-0.2, -0.15) is 0 Å². The molecule has 5 nitrogen and oxygen atoms in total. The second-order valence-electron chi connectivity index (χ2n) is 10.8. The normalized spacial score (nSPS) is 15.2. The van der Waals surface area contributed by atoms with Crippen LogP contribution in [0.15, 0.2) is 70.6 Å². The third-order valence-corrected chi connectivity index (χ3v) is 7.94. The second-order valence-corrected chi connectivity index (χ2v) is 10.8. The SMILES string of the molecule is COc1c(F)cc(-c2cc3c(C)c(C4=CC=C(F)CC4)oc3cc2N(C)C)cc1C1=C(C)CCc2cccnc2O1. The molecule has 0 fully saturated rings. The first-order chi connectivity index (χ1) is 19.7. The summed E-state index contributed by atoms with van der Waals surface area (Å²) in [6.07, 6.45) is 7.47. The summed E-state index contributed by atoms with van der Waals surface area (Å²) >= 11 is 0. The minimum atomic E-state index is -0.482. The summed E-state index contributed by atoms with van der Waals surface area (Å²) in [7, 11) is 5.36. The van der Waals surface area contributed by atoms with Crippen LogP contribution < -0.4 is 14.4 Å². The van der Waals surface area contributed by atoms with E-state index in [1.54, 1.807) is 12.3 Å². The van der Waals surface area contributed by atoms with Gasteiger partial charge in [-0.3, -0.25) is 0 Å². The maximum absolute atomic E-state index is 15.8. The highest BCUT2D eigenvalue weighted by atomic mass is 19.1. The van der Waals surface area contributed by atoms with Crippen LogP contribution in [0, 0.1) is 12.7 Å². The lowest BCUT2D eigenvalue weighted by atomic mass is 9.94. The molecule has 6 rings (SSSR count). The number of hydrogen-bond donors (Lipinski definition) is 0. The van der Waals surface area contributed by atoms with Crippen molar-refractivity contribution in [3.05, 3.63) is 94.4 Å². The minimum absolute atomic E-state index is 0.126. The smallest absolute Gasteiger partial charge is 0.222 e. The summed E-state index contributed by atoms with van der Waals surface area (Å²) in [6, 6.07) is 11.4. The molecule has 3 heterocycles. The third-order valence-electron chi connectivity index (χ3n) is 7.94. The summed E-state index contributed by atoms with van der Waals surface area (Å²) in [5, 5.41) is 0.925. The van der Waals surface area contributed by atoms with Crippen LogP contribution in [0.5, 0.6) is 11.6 Å². The first-order valence-electron chi connectivity index (χ1n) is 13.7. The quantitative estimate of drug-likeness (QED) is 0.247. The molecule has 0 unspecified atom stereocenters. The van der Waals surface area contributed by atoms with Crippen molar-refractivity contribution >= 4 is 28.0 Å². The lowest BCUT2D eigenvalue weighted by Gasteiger charge is -2.20. The number of allylic oxidation sites excluding steroid dienone is 5. The standard InChI is InChI=1S/C34H32F2N2O3/c1-19-8-9-22-7-6-14-37-34(22)41-31(19)27-15-23(16-28(36)33(27)39-5)26-17-25-20(2)32(21-10-12-24(35)13-11-21)40-30(25)18-29(26)38(3)4/h6-7,10,12,14-18H,8-9,11,13H2,1-5H3. The van der Waals surface area contributed by atoms with Gasteiger partial charge >= 0.3 is 0 Å². The first kappa shape index (κ1) is 26.8. The molecule has 0 saturated carbocycles. The molecule has 0 N–H and O–H groups in total. The number of fused-ring (bicyclic) bond motifs is 2. The van der Waals surface area contributed by atoms with Crippen molar-refractivity contribution in [1.29, 1.82) is 0 Å². The van der Waals surface area contributed by atoms with Crippen molar-refractivity contribution < 1.29 is 22.7 Å². The van der Waals surface area contributed by atoms with E-state index in [0.29, 0.717) is 35.6 Å². The van der Waals surface area contributed by atoms with E-state index in [1.165, 1.54) is 19.3 Å². The maximum Gasteiger partial charge on any atom is 0.222 e. The molecular weight excluding hydrogens is 522 g/mol. The number of pyridine rings is 1. The van der Waals surface area contributed by atoms with Crippen LogP contribution in [0.1, 0.15) is 48.6 Å². The number of halogens is 2. The van der Waals surface area contributed by atoms with Gasteiger partial charge < -0.3 is 18.8 Å². The van der Waals surface area contributed by atoms with Crippen molar-refractivity contribution in [1.82, 2.24) is 4.98 Å². The van der Waals surface area contributed by atoms with E-state index in [0.717, 1.165) is 63.1 Å². The Morgan fingerprint density at radius 2 is 1.78 bits per heavy atom. The number of aryl methyl sites for hydroxylation is 2. The molecule has 41 heavy (non-hydrogen) atoms. The van der Waals surface area contributed by atoms with Crippen LogP contribution >= 0.6 is 0 Å². The summed E-state index contributed by atoms with van der Waals surface area (Å²) in [4.78, 5) is 6.42. The summed E-state index contributed by atoms with van der Waals surface area (Å²) in [5.41, 5.74) is 7.59. The number of aromatic nitrogens is 1. The molecule has 1 aliphatic heterocycles. The number of furan rings is 1. The lowest BCUT2D eigenvalue weighted by molar-refractivity contribution is 0.381. The van der Waals surface area contributed by atoms with Crippen LogP contribution in [0.25, 0.3) is 33.4 Å². The van der Waals surface area contributed by atoms with E-state index < -0.39 is 5.82 Å². The number of hydrogen-bond acceptors (Lipinski definition) is 5. The number of methoxy groups -OCH3 is 1. The Labute approximate surface area is 238 Å². The number of rotatable bonds is 5. The first-order valence-corrected chi connectivity index (χ1v) is 13.7. The molecule has 2 aromatic carbocycles. The van der Waals surface area contributed by atoms with Gasteiger partial charge in [0, 0.05) is 60.5 Å². The molecule has 4 aromatic rings. The van der Waals surface area contributed by atoms with Crippen LogP contribution in [-0.2, 0) is 6.42 Å². The Bertz CT molecular complexity index is 1780. The van der Waals surface area contributed by atoms with Gasteiger partial charge in [-0.15, -0.1) is 0 Å². The molecule has 0 radical (unpaired) electrons. The Morgan fingerprint density at radius 3 is 2.51 bits per heavy atom. The van der Waals surface area contributed by atoms with E-state index in [-0.39, 0.29) is 11.6 Å². The number of nitrogens with zero attached hydrogens (tertiary/aromatic N) is 2. The van der Waals surface area contributed by atoms with Gasteiger partial charge in [0.15, 0.2) is 11.6 Å². The van der Waals surface area contributed by atoms with Crippen molar-refractivity contribution in [2.24, 2.45) is 0 Å². The molecule has 210 valence electrons. The van der Waals surface area contributed by atoms with Gasteiger partial charge in [0.05, 0.1) is 12.7 Å². The highest BCUT2D eigenvalue weighted by Crippen LogP contribution is 2.44. The Hall–Kier alpha value is -4.39. The fourth-order valence-corrected chi connectivity index (χ4v) is 5.70. The van der Waals surface area contributed by atoms with Gasteiger partial charge in [0.25, 0.3) is 0 Å². The Kier molecular flexibility index (Phi) is 6.89. The second kappa shape index (κ2) is 10.5. The van der Waals surface area contributed by atoms with E-state index in [9.17, 15) is 4.39 Å². The monoisotopic (exact) mass is 554 g/mol. The van der Waals surface area contributed by atoms with E-state index in [1.807, 2.05) is 63.2 Å². The van der Waals surface area contributed by atoms with Gasteiger partial charge in [-0.05, 0) is 80.2 Å². The summed E-state index contributed by atoms with van der Waals surface area (Å²) in [6.45, 7) is 4.01. The van der Waals surface area contributed by atoms with Gasteiger partial charge in [-0.1, -0.05) is 12.1 Å². The number of anilines is 1. The molecule has 1 aliphatic carbocycles. The average molecular weight is 555 g/mol. The van der Waals surface area contributed by atoms with Crippen LogP contribution in [0.4, 0.5) is 14.5 Å². The minimum Gasteiger partial charge on any atom is -0.493 e. The largest absolute Gasteiger partial charge is 0.493 e. The molecular formula is C34H32F2N2O3. The van der Waals surface area contributed by atoms with Gasteiger partial charge in [-0.25, -0.2) is 13.8 Å².